The lowest BCUT2D eigenvalue weighted by Gasteiger charge is -2.15. The van der Waals surface area contributed by atoms with Gasteiger partial charge in [0.1, 0.15) is 5.75 Å². The number of ether oxygens (including phenoxy) is 1. The number of aryl methyl sites for hydroxylation is 1. The summed E-state index contributed by atoms with van der Waals surface area (Å²) in [6.45, 7) is 5.05. The van der Waals surface area contributed by atoms with E-state index in [1.807, 2.05) is 18.2 Å². The molecule has 0 fully saturated rings. The van der Waals surface area contributed by atoms with Gasteiger partial charge in [-0.05, 0) is 65.8 Å². The molecule has 0 aliphatic carbocycles. The molecule has 0 N–H and O–H groups in total. The first-order valence-corrected chi connectivity index (χ1v) is 11.9. The molecule has 0 atom stereocenters. The van der Waals surface area contributed by atoms with Crippen molar-refractivity contribution in [3.8, 4) is 28.0 Å². The molecule has 1 nitrogen and oxygen atoms in total. The largest absolute Gasteiger partial charge is 0.494 e. The van der Waals surface area contributed by atoms with Crippen molar-refractivity contribution in [3.05, 3.63) is 77.9 Å². The lowest BCUT2D eigenvalue weighted by atomic mass is 9.93. The summed E-state index contributed by atoms with van der Waals surface area (Å²) in [5.41, 5.74) is 4.05. The Morgan fingerprint density at radius 2 is 1.44 bits per heavy atom. The van der Waals surface area contributed by atoms with Gasteiger partial charge in [0.25, 0.3) is 0 Å². The Labute approximate surface area is 191 Å². The van der Waals surface area contributed by atoms with Crippen LogP contribution in [0.1, 0.15) is 64.4 Å². The molecule has 0 bridgehead atoms. The third-order valence-corrected chi connectivity index (χ3v) is 5.83. The van der Waals surface area contributed by atoms with E-state index in [1.54, 1.807) is 12.1 Å². The molecular formula is C29H34F2O. The number of rotatable bonds is 12. The summed E-state index contributed by atoms with van der Waals surface area (Å²) in [6, 6.07) is 18.4. The Morgan fingerprint density at radius 3 is 2.19 bits per heavy atom. The molecule has 0 saturated heterocycles. The molecule has 0 aromatic heterocycles. The standard InChI is InChI=1S/C29H34F2O/c1-3-5-7-9-20-32-24-18-19-25(26-12-10-13-28(30)29(26)31)27(21-24)23-16-14-22(15-17-23)11-8-6-4-2/h10,12-19,21H,3-9,11,20H2,1-2H3. The maximum absolute atomic E-state index is 14.6. The number of unbranched alkanes of at least 4 members (excludes halogenated alkanes) is 5. The molecule has 170 valence electrons. The quantitative estimate of drug-likeness (QED) is 0.257. The highest BCUT2D eigenvalue weighted by Gasteiger charge is 2.15. The average Bonchev–Trinajstić information content (AvgIpc) is 2.81. The average molecular weight is 437 g/mol. The first kappa shape index (κ1) is 24.0. The molecule has 0 spiro atoms. The van der Waals surface area contributed by atoms with Crippen LogP contribution < -0.4 is 4.74 Å². The van der Waals surface area contributed by atoms with Gasteiger partial charge in [0.15, 0.2) is 11.6 Å². The SMILES string of the molecule is CCCCCCOc1ccc(-c2cccc(F)c2F)c(-c2ccc(CCCCC)cc2)c1. The van der Waals surface area contributed by atoms with Crippen molar-refractivity contribution in [1.29, 1.82) is 0 Å². The highest BCUT2D eigenvalue weighted by molar-refractivity contribution is 5.84. The van der Waals surface area contributed by atoms with Gasteiger partial charge in [0.05, 0.1) is 6.61 Å². The summed E-state index contributed by atoms with van der Waals surface area (Å²) in [6.07, 6.45) is 9.21. The van der Waals surface area contributed by atoms with Crippen molar-refractivity contribution in [2.75, 3.05) is 6.61 Å². The summed E-state index contributed by atoms with van der Waals surface area (Å²) < 4.78 is 34.6. The second-order valence-corrected chi connectivity index (χ2v) is 8.37. The number of benzene rings is 3. The zero-order chi connectivity index (χ0) is 22.8. The van der Waals surface area contributed by atoms with Gasteiger partial charge >= 0.3 is 0 Å². The maximum Gasteiger partial charge on any atom is 0.166 e. The molecule has 0 aliphatic heterocycles. The second-order valence-electron chi connectivity index (χ2n) is 8.37. The monoisotopic (exact) mass is 436 g/mol. The van der Waals surface area contributed by atoms with E-state index in [4.69, 9.17) is 4.74 Å². The fraction of sp³-hybridized carbons (Fsp3) is 0.379. The minimum absolute atomic E-state index is 0.265. The molecule has 0 radical (unpaired) electrons. The molecule has 3 rings (SSSR count). The fourth-order valence-electron chi connectivity index (χ4n) is 3.95. The van der Waals surface area contributed by atoms with Crippen LogP contribution >= 0.6 is 0 Å². The molecule has 0 aliphatic rings. The minimum atomic E-state index is -0.837. The smallest absolute Gasteiger partial charge is 0.166 e. The molecule has 0 unspecified atom stereocenters. The number of hydrogen-bond donors (Lipinski definition) is 0. The van der Waals surface area contributed by atoms with Crippen LogP contribution in [-0.4, -0.2) is 6.61 Å². The Morgan fingerprint density at radius 1 is 0.688 bits per heavy atom. The number of hydrogen-bond acceptors (Lipinski definition) is 1. The zero-order valence-electron chi connectivity index (χ0n) is 19.3. The Kier molecular flexibility index (Phi) is 9.27. The number of halogens is 2. The summed E-state index contributed by atoms with van der Waals surface area (Å²) in [5, 5.41) is 0. The van der Waals surface area contributed by atoms with Gasteiger partial charge < -0.3 is 4.74 Å². The van der Waals surface area contributed by atoms with Crippen LogP contribution in [0.4, 0.5) is 8.78 Å². The molecule has 3 aromatic rings. The predicted molar refractivity (Wildman–Crippen MR) is 130 cm³/mol. The summed E-state index contributed by atoms with van der Waals surface area (Å²) >= 11 is 0. The van der Waals surface area contributed by atoms with E-state index >= 15 is 0 Å². The summed E-state index contributed by atoms with van der Waals surface area (Å²) in [5.74, 6) is -0.904. The molecule has 3 aromatic carbocycles. The van der Waals surface area contributed by atoms with E-state index in [-0.39, 0.29) is 5.56 Å². The topological polar surface area (TPSA) is 9.23 Å². The van der Waals surface area contributed by atoms with Gasteiger partial charge in [-0.2, -0.15) is 0 Å². The van der Waals surface area contributed by atoms with Crippen molar-refractivity contribution in [2.45, 2.75) is 65.2 Å². The van der Waals surface area contributed by atoms with Gasteiger partial charge in [-0.3, -0.25) is 0 Å². The first-order valence-electron chi connectivity index (χ1n) is 11.9. The van der Waals surface area contributed by atoms with E-state index in [0.29, 0.717) is 12.2 Å². The third-order valence-electron chi connectivity index (χ3n) is 5.83. The Balaban J connectivity index is 1.91. The Bertz CT molecular complexity index is 979. The van der Waals surface area contributed by atoms with Gasteiger partial charge in [-0.25, -0.2) is 8.78 Å². The van der Waals surface area contributed by atoms with Crippen LogP contribution in [0.2, 0.25) is 0 Å². The van der Waals surface area contributed by atoms with Gasteiger partial charge in [-0.1, -0.05) is 82.3 Å². The van der Waals surface area contributed by atoms with Crippen molar-refractivity contribution in [3.63, 3.8) is 0 Å². The van der Waals surface area contributed by atoms with E-state index in [1.165, 1.54) is 37.7 Å². The summed E-state index contributed by atoms with van der Waals surface area (Å²) in [7, 11) is 0. The fourth-order valence-corrected chi connectivity index (χ4v) is 3.95. The van der Waals surface area contributed by atoms with Gasteiger partial charge in [0.2, 0.25) is 0 Å². The van der Waals surface area contributed by atoms with Crippen molar-refractivity contribution in [2.24, 2.45) is 0 Å². The van der Waals surface area contributed by atoms with Crippen LogP contribution in [-0.2, 0) is 6.42 Å². The van der Waals surface area contributed by atoms with E-state index in [2.05, 4.69) is 38.1 Å². The van der Waals surface area contributed by atoms with E-state index in [9.17, 15) is 8.78 Å². The summed E-state index contributed by atoms with van der Waals surface area (Å²) in [4.78, 5) is 0. The molecule has 3 heteroatoms. The molecule has 0 saturated carbocycles. The van der Waals surface area contributed by atoms with Crippen LogP contribution in [0.5, 0.6) is 5.75 Å². The van der Waals surface area contributed by atoms with Gasteiger partial charge in [0, 0.05) is 5.56 Å². The van der Waals surface area contributed by atoms with Crippen LogP contribution in [0.3, 0.4) is 0 Å². The highest BCUT2D eigenvalue weighted by Crippen LogP contribution is 2.37. The third kappa shape index (κ3) is 6.41. The van der Waals surface area contributed by atoms with Crippen molar-refractivity contribution < 1.29 is 13.5 Å². The predicted octanol–water partition coefficient (Wildman–Crippen LogP) is 8.99. The molecule has 0 amide bonds. The second kappa shape index (κ2) is 12.4. The first-order chi connectivity index (χ1) is 15.6. The van der Waals surface area contributed by atoms with Gasteiger partial charge in [-0.15, -0.1) is 0 Å². The normalized spacial score (nSPS) is 11.0. The molecule has 32 heavy (non-hydrogen) atoms. The zero-order valence-corrected chi connectivity index (χ0v) is 19.3. The van der Waals surface area contributed by atoms with Crippen LogP contribution in [0.15, 0.2) is 60.7 Å². The Hall–Kier alpha value is -2.68. The van der Waals surface area contributed by atoms with E-state index in [0.717, 1.165) is 42.2 Å². The minimum Gasteiger partial charge on any atom is -0.494 e. The lowest BCUT2D eigenvalue weighted by molar-refractivity contribution is 0.305. The molecular weight excluding hydrogens is 402 g/mol. The maximum atomic E-state index is 14.6. The van der Waals surface area contributed by atoms with Crippen LogP contribution in [0, 0.1) is 11.6 Å². The lowest BCUT2D eigenvalue weighted by Crippen LogP contribution is -1.98. The highest BCUT2D eigenvalue weighted by atomic mass is 19.2. The van der Waals surface area contributed by atoms with Crippen LogP contribution in [0.25, 0.3) is 22.3 Å². The van der Waals surface area contributed by atoms with Crippen molar-refractivity contribution >= 4 is 0 Å². The van der Waals surface area contributed by atoms with E-state index < -0.39 is 11.6 Å². The van der Waals surface area contributed by atoms with Crippen molar-refractivity contribution in [1.82, 2.24) is 0 Å². The molecule has 0 heterocycles.